The van der Waals surface area contributed by atoms with Crippen LogP contribution in [-0.4, -0.2) is 31.1 Å². The number of aromatic nitrogens is 1. The standard InChI is InChI=1S/C21H27N3O2/c1-14-11-15(2)24-21(26-3)19(14)13-23-20(25)17-8-6-16(7-9-17)18-5-4-10-22-12-18/h6-9,11,18,22H,4-5,10,12-13H2,1-3H3,(H,23,25)/t18-/m0/s1. The number of nitrogens with one attached hydrogen (secondary N) is 2. The molecule has 1 aliphatic heterocycles. The number of carbonyl (C=O) groups excluding carboxylic acids is 1. The lowest BCUT2D eigenvalue weighted by Crippen LogP contribution is -2.28. The van der Waals surface area contributed by atoms with Gasteiger partial charge in [-0.3, -0.25) is 4.79 Å². The lowest BCUT2D eigenvalue weighted by molar-refractivity contribution is 0.0950. The molecule has 2 N–H and O–H groups in total. The molecule has 3 rings (SSSR count). The first-order chi connectivity index (χ1) is 12.6. The minimum Gasteiger partial charge on any atom is -0.481 e. The molecule has 5 heteroatoms. The molecule has 1 aromatic heterocycles. The van der Waals surface area contributed by atoms with E-state index in [1.807, 2.05) is 32.0 Å². The molecule has 1 atom stereocenters. The second-order valence-corrected chi connectivity index (χ2v) is 6.92. The van der Waals surface area contributed by atoms with Crippen LogP contribution in [0.25, 0.3) is 0 Å². The highest BCUT2D eigenvalue weighted by Crippen LogP contribution is 2.24. The van der Waals surface area contributed by atoms with Crippen molar-refractivity contribution in [3.63, 3.8) is 0 Å². The van der Waals surface area contributed by atoms with E-state index < -0.39 is 0 Å². The second-order valence-electron chi connectivity index (χ2n) is 6.92. The van der Waals surface area contributed by atoms with E-state index in [4.69, 9.17) is 4.74 Å². The largest absolute Gasteiger partial charge is 0.481 e. The van der Waals surface area contributed by atoms with Gasteiger partial charge < -0.3 is 15.4 Å². The number of carbonyl (C=O) groups is 1. The molecule has 0 radical (unpaired) electrons. The van der Waals surface area contributed by atoms with Crippen LogP contribution >= 0.6 is 0 Å². The molecule has 0 spiro atoms. The zero-order valence-corrected chi connectivity index (χ0v) is 15.8. The minimum atomic E-state index is -0.0830. The van der Waals surface area contributed by atoms with Crippen LogP contribution in [0.5, 0.6) is 5.88 Å². The van der Waals surface area contributed by atoms with Gasteiger partial charge in [-0.25, -0.2) is 4.98 Å². The van der Waals surface area contributed by atoms with Crippen LogP contribution in [0.2, 0.25) is 0 Å². The lowest BCUT2D eigenvalue weighted by atomic mass is 9.91. The number of amides is 1. The van der Waals surface area contributed by atoms with Crippen molar-refractivity contribution in [1.29, 1.82) is 0 Å². The fraction of sp³-hybridized carbons (Fsp3) is 0.429. The summed E-state index contributed by atoms with van der Waals surface area (Å²) in [5.41, 5.74) is 4.86. The van der Waals surface area contributed by atoms with Gasteiger partial charge in [-0.1, -0.05) is 12.1 Å². The maximum absolute atomic E-state index is 12.5. The second kappa shape index (κ2) is 8.32. The van der Waals surface area contributed by atoms with Crippen LogP contribution in [0, 0.1) is 13.8 Å². The molecule has 26 heavy (non-hydrogen) atoms. The lowest BCUT2D eigenvalue weighted by Gasteiger charge is -2.23. The molecule has 1 aromatic carbocycles. The van der Waals surface area contributed by atoms with Crippen molar-refractivity contribution in [1.82, 2.24) is 15.6 Å². The van der Waals surface area contributed by atoms with E-state index in [2.05, 4.69) is 27.8 Å². The van der Waals surface area contributed by atoms with Gasteiger partial charge in [-0.2, -0.15) is 0 Å². The van der Waals surface area contributed by atoms with Crippen molar-refractivity contribution in [2.45, 2.75) is 39.2 Å². The SMILES string of the molecule is COc1nc(C)cc(C)c1CNC(=O)c1ccc([C@H]2CCCNC2)cc1. The molecule has 2 heterocycles. The fourth-order valence-corrected chi connectivity index (χ4v) is 3.53. The van der Waals surface area contributed by atoms with Gasteiger partial charge in [0.05, 0.1) is 7.11 Å². The fourth-order valence-electron chi connectivity index (χ4n) is 3.53. The number of hydrogen-bond donors (Lipinski definition) is 2. The Morgan fingerprint density at radius 1 is 1.31 bits per heavy atom. The van der Waals surface area contributed by atoms with E-state index in [-0.39, 0.29) is 5.91 Å². The predicted octanol–water partition coefficient (Wildman–Crippen LogP) is 3.10. The summed E-state index contributed by atoms with van der Waals surface area (Å²) in [6.45, 7) is 6.46. The van der Waals surface area contributed by atoms with Gasteiger partial charge in [0.2, 0.25) is 5.88 Å². The van der Waals surface area contributed by atoms with Crippen molar-refractivity contribution < 1.29 is 9.53 Å². The number of benzene rings is 1. The summed E-state index contributed by atoms with van der Waals surface area (Å²) in [5, 5.41) is 6.41. The van der Waals surface area contributed by atoms with E-state index >= 15 is 0 Å². The third-order valence-electron chi connectivity index (χ3n) is 5.00. The van der Waals surface area contributed by atoms with Crippen LogP contribution in [0.3, 0.4) is 0 Å². The quantitative estimate of drug-likeness (QED) is 0.867. The molecule has 1 amide bonds. The average Bonchev–Trinajstić information content (AvgIpc) is 2.67. The maximum Gasteiger partial charge on any atom is 0.251 e. The van der Waals surface area contributed by atoms with Crippen molar-refractivity contribution in [2.75, 3.05) is 20.2 Å². The molecule has 1 aliphatic rings. The van der Waals surface area contributed by atoms with Gasteiger partial charge in [0, 0.05) is 29.9 Å². The highest BCUT2D eigenvalue weighted by atomic mass is 16.5. The summed E-state index contributed by atoms with van der Waals surface area (Å²) in [6.07, 6.45) is 2.41. The maximum atomic E-state index is 12.5. The number of pyridine rings is 1. The van der Waals surface area contributed by atoms with E-state index in [1.54, 1.807) is 7.11 Å². The topological polar surface area (TPSA) is 63.2 Å². The summed E-state index contributed by atoms with van der Waals surface area (Å²) in [6, 6.07) is 9.97. The van der Waals surface area contributed by atoms with Crippen LogP contribution in [0.4, 0.5) is 0 Å². The van der Waals surface area contributed by atoms with Crippen LogP contribution in [0.15, 0.2) is 30.3 Å². The highest BCUT2D eigenvalue weighted by molar-refractivity contribution is 5.94. The third-order valence-corrected chi connectivity index (χ3v) is 5.00. The third kappa shape index (κ3) is 4.22. The first-order valence-corrected chi connectivity index (χ1v) is 9.18. The van der Waals surface area contributed by atoms with Crippen molar-refractivity contribution in [3.8, 4) is 5.88 Å². The van der Waals surface area contributed by atoms with Gasteiger partial charge in [-0.05, 0) is 68.5 Å². The Morgan fingerprint density at radius 2 is 2.08 bits per heavy atom. The first kappa shape index (κ1) is 18.4. The number of ether oxygens (including phenoxy) is 1. The van der Waals surface area contributed by atoms with Crippen LogP contribution < -0.4 is 15.4 Å². The molecular formula is C21H27N3O2. The number of nitrogens with zero attached hydrogens (tertiary/aromatic N) is 1. The number of rotatable bonds is 5. The van der Waals surface area contributed by atoms with Crippen molar-refractivity contribution in [2.24, 2.45) is 0 Å². The number of methoxy groups -OCH3 is 1. The summed E-state index contributed by atoms with van der Waals surface area (Å²) in [5.74, 6) is 1.04. The number of aryl methyl sites for hydroxylation is 2. The molecule has 138 valence electrons. The number of piperidine rings is 1. The van der Waals surface area contributed by atoms with E-state index in [9.17, 15) is 4.79 Å². The Kier molecular flexibility index (Phi) is 5.89. The monoisotopic (exact) mass is 353 g/mol. The van der Waals surface area contributed by atoms with Crippen molar-refractivity contribution >= 4 is 5.91 Å². The van der Waals surface area contributed by atoms with Gasteiger partial charge in [0.15, 0.2) is 0 Å². The predicted molar refractivity (Wildman–Crippen MR) is 103 cm³/mol. The Hall–Kier alpha value is -2.40. The summed E-state index contributed by atoms with van der Waals surface area (Å²) in [7, 11) is 1.60. The molecule has 1 saturated heterocycles. The normalized spacial score (nSPS) is 17.0. The molecule has 2 aromatic rings. The molecule has 0 unspecified atom stereocenters. The smallest absolute Gasteiger partial charge is 0.251 e. The van der Waals surface area contributed by atoms with Gasteiger partial charge in [0.25, 0.3) is 5.91 Å². The van der Waals surface area contributed by atoms with Crippen molar-refractivity contribution in [3.05, 3.63) is 58.3 Å². The van der Waals surface area contributed by atoms with Crippen LogP contribution in [-0.2, 0) is 6.54 Å². The van der Waals surface area contributed by atoms with E-state index in [1.165, 1.54) is 18.4 Å². The Bertz CT molecular complexity index is 766. The molecule has 0 saturated carbocycles. The molecule has 0 bridgehead atoms. The highest BCUT2D eigenvalue weighted by Gasteiger charge is 2.16. The number of hydrogen-bond acceptors (Lipinski definition) is 4. The average molecular weight is 353 g/mol. The molecule has 5 nitrogen and oxygen atoms in total. The van der Waals surface area contributed by atoms with Gasteiger partial charge in [0.1, 0.15) is 0 Å². The van der Waals surface area contributed by atoms with Crippen LogP contribution in [0.1, 0.15) is 51.5 Å². The zero-order valence-electron chi connectivity index (χ0n) is 15.8. The summed E-state index contributed by atoms with van der Waals surface area (Å²) < 4.78 is 5.36. The zero-order chi connectivity index (χ0) is 18.5. The summed E-state index contributed by atoms with van der Waals surface area (Å²) >= 11 is 0. The summed E-state index contributed by atoms with van der Waals surface area (Å²) in [4.78, 5) is 16.9. The molecular weight excluding hydrogens is 326 g/mol. The Morgan fingerprint density at radius 3 is 2.73 bits per heavy atom. The van der Waals surface area contributed by atoms with E-state index in [0.717, 1.165) is 29.9 Å². The minimum absolute atomic E-state index is 0.0830. The Balaban J connectivity index is 1.65. The van der Waals surface area contributed by atoms with Gasteiger partial charge in [-0.15, -0.1) is 0 Å². The van der Waals surface area contributed by atoms with E-state index in [0.29, 0.717) is 23.9 Å². The van der Waals surface area contributed by atoms with Gasteiger partial charge >= 0.3 is 0 Å². The molecule has 0 aliphatic carbocycles. The first-order valence-electron chi connectivity index (χ1n) is 9.18. The molecule has 1 fully saturated rings. The Labute approximate surface area is 155 Å².